The summed E-state index contributed by atoms with van der Waals surface area (Å²) in [4.78, 5) is 6.22. The first-order chi connectivity index (χ1) is 4.66. The van der Waals surface area contributed by atoms with Gasteiger partial charge in [-0.2, -0.15) is 0 Å². The van der Waals surface area contributed by atoms with Gasteiger partial charge in [-0.15, -0.1) is 0 Å². The zero-order valence-corrected chi connectivity index (χ0v) is 7.09. The van der Waals surface area contributed by atoms with Crippen LogP contribution in [0.3, 0.4) is 0 Å². The molecule has 0 aliphatic heterocycles. The smallest absolute Gasteiger partial charge is 0.0334 e. The standard InChI is InChI=1S/C8H16N2/c1-5-10(4)7-6-9-8(2)3/h6H,2,5,7H2,1,3-4H3. The number of hydrogen-bond donors (Lipinski definition) is 0. The van der Waals surface area contributed by atoms with Crippen molar-refractivity contribution in [3.8, 4) is 0 Å². The Kier molecular flexibility index (Phi) is 4.85. The topological polar surface area (TPSA) is 15.6 Å². The summed E-state index contributed by atoms with van der Waals surface area (Å²) in [5, 5.41) is 0. The molecule has 0 aromatic rings. The van der Waals surface area contributed by atoms with E-state index in [-0.39, 0.29) is 0 Å². The second-order valence-corrected chi connectivity index (χ2v) is 2.40. The van der Waals surface area contributed by atoms with Crippen LogP contribution in [0.1, 0.15) is 13.8 Å². The van der Waals surface area contributed by atoms with Crippen LogP contribution in [0, 0.1) is 0 Å². The van der Waals surface area contributed by atoms with Crippen LogP contribution >= 0.6 is 0 Å². The molecular formula is C8H16N2. The fraction of sp³-hybridized carbons (Fsp3) is 0.625. The van der Waals surface area contributed by atoms with Crippen LogP contribution in [0.5, 0.6) is 0 Å². The molecular weight excluding hydrogens is 124 g/mol. The summed E-state index contributed by atoms with van der Waals surface area (Å²) in [6.07, 6.45) is 1.88. The minimum absolute atomic E-state index is 0.865. The van der Waals surface area contributed by atoms with Gasteiger partial charge in [0.05, 0.1) is 0 Å². The summed E-state index contributed by atoms with van der Waals surface area (Å²) in [6.45, 7) is 9.64. The highest BCUT2D eigenvalue weighted by Gasteiger charge is 1.87. The van der Waals surface area contributed by atoms with Gasteiger partial charge in [-0.05, 0) is 20.5 Å². The van der Waals surface area contributed by atoms with E-state index < -0.39 is 0 Å². The molecule has 0 bridgehead atoms. The zero-order chi connectivity index (χ0) is 7.98. The Bertz CT molecular complexity index is 127. The maximum absolute atomic E-state index is 4.05. The van der Waals surface area contributed by atoms with E-state index in [0.29, 0.717) is 0 Å². The lowest BCUT2D eigenvalue weighted by Gasteiger charge is -2.08. The summed E-state index contributed by atoms with van der Waals surface area (Å²) in [5.41, 5.74) is 0.865. The lowest BCUT2D eigenvalue weighted by molar-refractivity contribution is 0.406. The summed E-state index contributed by atoms with van der Waals surface area (Å²) in [7, 11) is 2.06. The van der Waals surface area contributed by atoms with Crippen molar-refractivity contribution in [3.05, 3.63) is 12.3 Å². The molecule has 0 radical (unpaired) electrons. The Morgan fingerprint density at radius 1 is 1.70 bits per heavy atom. The first kappa shape index (κ1) is 9.37. The van der Waals surface area contributed by atoms with Gasteiger partial charge in [-0.3, -0.25) is 4.99 Å². The number of aliphatic imine (C=N–C) groups is 1. The van der Waals surface area contributed by atoms with Gasteiger partial charge in [0.15, 0.2) is 0 Å². The molecule has 0 saturated heterocycles. The zero-order valence-electron chi connectivity index (χ0n) is 7.09. The Morgan fingerprint density at radius 2 is 2.30 bits per heavy atom. The molecule has 10 heavy (non-hydrogen) atoms. The van der Waals surface area contributed by atoms with Crippen molar-refractivity contribution in [1.82, 2.24) is 4.90 Å². The van der Waals surface area contributed by atoms with Crippen molar-refractivity contribution in [2.24, 2.45) is 4.99 Å². The molecule has 0 aliphatic carbocycles. The molecule has 0 atom stereocenters. The fourth-order valence-electron chi connectivity index (χ4n) is 0.465. The highest BCUT2D eigenvalue weighted by Crippen LogP contribution is 1.85. The molecule has 2 nitrogen and oxygen atoms in total. The molecule has 0 unspecified atom stereocenters. The van der Waals surface area contributed by atoms with E-state index in [2.05, 4.69) is 30.4 Å². The normalized spacial score (nSPS) is 11.2. The van der Waals surface area contributed by atoms with Crippen LogP contribution in [-0.2, 0) is 0 Å². The van der Waals surface area contributed by atoms with Crippen LogP contribution in [0.4, 0.5) is 0 Å². The molecule has 0 heterocycles. The molecule has 0 fully saturated rings. The molecule has 0 aromatic heterocycles. The van der Waals surface area contributed by atoms with Gasteiger partial charge in [0, 0.05) is 18.5 Å². The number of rotatable bonds is 4. The van der Waals surface area contributed by atoms with Gasteiger partial charge in [0.1, 0.15) is 0 Å². The summed E-state index contributed by atoms with van der Waals surface area (Å²) >= 11 is 0. The average molecular weight is 140 g/mol. The van der Waals surface area contributed by atoms with Crippen LogP contribution in [-0.4, -0.2) is 31.3 Å². The van der Waals surface area contributed by atoms with Crippen LogP contribution in [0.2, 0.25) is 0 Å². The van der Waals surface area contributed by atoms with Crippen molar-refractivity contribution in [2.45, 2.75) is 13.8 Å². The first-order valence-electron chi connectivity index (χ1n) is 3.53. The number of nitrogens with zero attached hydrogens (tertiary/aromatic N) is 2. The van der Waals surface area contributed by atoms with E-state index in [9.17, 15) is 0 Å². The molecule has 58 valence electrons. The summed E-state index contributed by atoms with van der Waals surface area (Å²) < 4.78 is 0. The Hall–Kier alpha value is -0.630. The third-order valence-electron chi connectivity index (χ3n) is 1.24. The Balaban J connectivity index is 3.43. The molecule has 0 aliphatic rings. The van der Waals surface area contributed by atoms with Crippen molar-refractivity contribution < 1.29 is 0 Å². The quantitative estimate of drug-likeness (QED) is 0.541. The minimum Gasteiger partial charge on any atom is -0.301 e. The largest absolute Gasteiger partial charge is 0.301 e. The van der Waals surface area contributed by atoms with E-state index in [0.717, 1.165) is 18.8 Å². The van der Waals surface area contributed by atoms with Crippen molar-refractivity contribution in [2.75, 3.05) is 20.1 Å². The highest BCUT2D eigenvalue weighted by molar-refractivity contribution is 5.60. The average Bonchev–Trinajstić information content (AvgIpc) is 1.87. The molecule has 0 saturated carbocycles. The fourth-order valence-corrected chi connectivity index (χ4v) is 0.465. The van der Waals surface area contributed by atoms with Crippen LogP contribution in [0.15, 0.2) is 17.3 Å². The van der Waals surface area contributed by atoms with Gasteiger partial charge in [-0.25, -0.2) is 0 Å². The Labute approximate surface area is 63.3 Å². The van der Waals surface area contributed by atoms with Crippen LogP contribution in [0.25, 0.3) is 0 Å². The lowest BCUT2D eigenvalue weighted by atomic mass is 10.5. The second-order valence-electron chi connectivity index (χ2n) is 2.40. The molecule has 2 heteroatoms. The van der Waals surface area contributed by atoms with E-state index in [1.54, 1.807) is 0 Å². The SMILES string of the molecule is C=C(C)N=CCN(C)CC. The maximum atomic E-state index is 4.05. The minimum atomic E-state index is 0.865. The third kappa shape index (κ3) is 5.51. The van der Waals surface area contributed by atoms with E-state index in [1.807, 2.05) is 13.1 Å². The van der Waals surface area contributed by atoms with E-state index >= 15 is 0 Å². The molecule has 0 N–H and O–H groups in total. The van der Waals surface area contributed by atoms with E-state index in [1.165, 1.54) is 0 Å². The van der Waals surface area contributed by atoms with Crippen molar-refractivity contribution in [3.63, 3.8) is 0 Å². The second kappa shape index (κ2) is 5.18. The lowest BCUT2D eigenvalue weighted by Crippen LogP contribution is -2.19. The monoisotopic (exact) mass is 140 g/mol. The molecule has 0 amide bonds. The maximum Gasteiger partial charge on any atom is 0.0334 e. The number of allylic oxidation sites excluding steroid dienone is 1. The predicted octanol–water partition coefficient (Wildman–Crippen LogP) is 1.54. The summed E-state index contributed by atoms with van der Waals surface area (Å²) in [5.74, 6) is 0. The van der Waals surface area contributed by atoms with Gasteiger partial charge in [-0.1, -0.05) is 13.5 Å². The molecule has 0 rings (SSSR count). The Morgan fingerprint density at radius 3 is 2.70 bits per heavy atom. The molecule has 0 aromatic carbocycles. The van der Waals surface area contributed by atoms with E-state index in [4.69, 9.17) is 0 Å². The predicted molar refractivity (Wildman–Crippen MR) is 46.5 cm³/mol. The first-order valence-corrected chi connectivity index (χ1v) is 3.53. The van der Waals surface area contributed by atoms with Crippen molar-refractivity contribution in [1.29, 1.82) is 0 Å². The van der Waals surface area contributed by atoms with Gasteiger partial charge in [0.2, 0.25) is 0 Å². The highest BCUT2D eigenvalue weighted by atomic mass is 15.1. The third-order valence-corrected chi connectivity index (χ3v) is 1.24. The van der Waals surface area contributed by atoms with Crippen molar-refractivity contribution >= 4 is 6.21 Å². The molecule has 0 spiro atoms. The number of hydrogen-bond acceptors (Lipinski definition) is 2. The summed E-state index contributed by atoms with van der Waals surface area (Å²) in [6, 6.07) is 0. The van der Waals surface area contributed by atoms with Gasteiger partial charge < -0.3 is 4.90 Å². The van der Waals surface area contributed by atoms with Crippen LogP contribution < -0.4 is 0 Å². The van der Waals surface area contributed by atoms with Gasteiger partial charge in [0.25, 0.3) is 0 Å². The van der Waals surface area contributed by atoms with Gasteiger partial charge >= 0.3 is 0 Å².